The van der Waals surface area contributed by atoms with Crippen LogP contribution in [0.4, 0.5) is 19.1 Å². The molecule has 2 aromatic heterocycles. The van der Waals surface area contributed by atoms with Crippen LogP contribution in [0, 0.1) is 0 Å². The van der Waals surface area contributed by atoms with Crippen LogP contribution in [-0.4, -0.2) is 21.1 Å². The molecule has 0 fully saturated rings. The summed E-state index contributed by atoms with van der Waals surface area (Å²) in [5, 5.41) is 10.3. The molecule has 0 unspecified atom stereocenters. The molecule has 0 saturated heterocycles. The van der Waals surface area contributed by atoms with E-state index < -0.39 is 23.9 Å². The third kappa shape index (κ3) is 2.61. The van der Waals surface area contributed by atoms with E-state index in [0.29, 0.717) is 5.56 Å². The monoisotopic (exact) mass is 262 g/mol. The topological polar surface area (TPSA) is 70.7 Å². The minimum atomic E-state index is -4.61. The van der Waals surface area contributed by atoms with Gasteiger partial charge in [-0.25, -0.2) is 0 Å². The van der Waals surface area contributed by atoms with E-state index in [9.17, 15) is 18.0 Å². The highest BCUT2D eigenvalue weighted by Gasteiger charge is 2.35. The molecule has 0 spiro atoms. The number of carbonyl (C=O) groups excluding carboxylic acids is 1. The summed E-state index contributed by atoms with van der Waals surface area (Å²) in [6.07, 6.45) is -4.61. The largest absolute Gasteiger partial charge is 0.451 e. The Labute approximate surface area is 96.7 Å². The van der Waals surface area contributed by atoms with Crippen LogP contribution < -0.4 is 5.32 Å². The molecule has 0 atom stereocenters. The number of carbonyl (C=O) groups is 1. The van der Waals surface area contributed by atoms with Gasteiger partial charge in [-0.2, -0.15) is 29.5 Å². The first kappa shape index (κ1) is 11.6. The van der Waals surface area contributed by atoms with Gasteiger partial charge in [0.05, 0.1) is 5.56 Å². The highest BCUT2D eigenvalue weighted by Crippen LogP contribution is 2.26. The standard InChI is InChI=1S/C8H5F3N4OS/c9-8(10,11)6-13-7(15-14-6)12-5(16)4-1-2-17-3-4/h1-3H,(H2,12,13,14,15,16). The number of anilines is 1. The predicted molar refractivity (Wildman–Crippen MR) is 53.7 cm³/mol. The number of amides is 1. The fourth-order valence-electron chi connectivity index (χ4n) is 1.01. The zero-order valence-corrected chi connectivity index (χ0v) is 8.89. The minimum absolute atomic E-state index is 0.341. The van der Waals surface area contributed by atoms with E-state index in [1.165, 1.54) is 17.4 Å². The first-order valence-electron chi connectivity index (χ1n) is 4.30. The molecule has 17 heavy (non-hydrogen) atoms. The van der Waals surface area contributed by atoms with Gasteiger partial charge in [0.1, 0.15) is 0 Å². The van der Waals surface area contributed by atoms with Gasteiger partial charge in [-0.3, -0.25) is 15.2 Å². The number of nitrogens with zero attached hydrogens (tertiary/aromatic N) is 2. The minimum Gasteiger partial charge on any atom is -0.289 e. The number of thiophene rings is 1. The SMILES string of the molecule is O=C(Nc1n[nH]c(C(F)(F)F)n1)c1ccsc1. The molecule has 0 aliphatic rings. The fraction of sp³-hybridized carbons (Fsp3) is 0.125. The van der Waals surface area contributed by atoms with Crippen LogP contribution in [0.1, 0.15) is 16.2 Å². The van der Waals surface area contributed by atoms with Crippen molar-refractivity contribution >= 4 is 23.2 Å². The van der Waals surface area contributed by atoms with Crippen molar-refractivity contribution in [1.29, 1.82) is 0 Å². The molecule has 0 aromatic carbocycles. The van der Waals surface area contributed by atoms with Crippen LogP contribution >= 0.6 is 11.3 Å². The maximum Gasteiger partial charge on any atom is 0.451 e. The van der Waals surface area contributed by atoms with Gasteiger partial charge in [0, 0.05) is 5.38 Å². The van der Waals surface area contributed by atoms with Crippen LogP contribution in [0.5, 0.6) is 0 Å². The molecule has 2 heterocycles. The van der Waals surface area contributed by atoms with E-state index in [4.69, 9.17) is 0 Å². The Morgan fingerprint density at radius 1 is 1.47 bits per heavy atom. The summed E-state index contributed by atoms with van der Waals surface area (Å²) in [6, 6.07) is 1.54. The average Bonchev–Trinajstić information content (AvgIpc) is 2.85. The Hall–Kier alpha value is -1.90. The lowest BCUT2D eigenvalue weighted by molar-refractivity contribution is -0.144. The summed E-state index contributed by atoms with van der Waals surface area (Å²) in [5.41, 5.74) is 0.341. The lowest BCUT2D eigenvalue weighted by Gasteiger charge is -1.99. The summed E-state index contributed by atoms with van der Waals surface area (Å²) in [5.74, 6) is -2.22. The Balaban J connectivity index is 2.10. The second-order valence-electron chi connectivity index (χ2n) is 2.97. The lowest BCUT2D eigenvalue weighted by atomic mass is 10.3. The molecule has 2 N–H and O–H groups in total. The van der Waals surface area contributed by atoms with Crippen molar-refractivity contribution in [3.8, 4) is 0 Å². The predicted octanol–water partition coefficient (Wildman–Crippen LogP) is 2.14. The number of halogens is 3. The van der Waals surface area contributed by atoms with E-state index in [1.54, 1.807) is 15.9 Å². The molecular formula is C8H5F3N4OS. The molecule has 0 aliphatic carbocycles. The highest BCUT2D eigenvalue weighted by molar-refractivity contribution is 7.08. The highest BCUT2D eigenvalue weighted by atomic mass is 32.1. The third-order valence-electron chi connectivity index (χ3n) is 1.76. The van der Waals surface area contributed by atoms with Gasteiger partial charge in [0.15, 0.2) is 0 Å². The smallest absolute Gasteiger partial charge is 0.289 e. The van der Waals surface area contributed by atoms with Crippen LogP contribution in [-0.2, 0) is 6.18 Å². The summed E-state index contributed by atoms with van der Waals surface area (Å²) in [6.45, 7) is 0. The Morgan fingerprint density at radius 3 is 2.76 bits per heavy atom. The van der Waals surface area contributed by atoms with Gasteiger partial charge in [-0.05, 0) is 11.4 Å². The van der Waals surface area contributed by atoms with Crippen molar-refractivity contribution in [3.05, 3.63) is 28.2 Å². The molecule has 90 valence electrons. The number of aromatic amines is 1. The maximum absolute atomic E-state index is 12.2. The number of hydrogen-bond acceptors (Lipinski definition) is 4. The number of nitrogens with one attached hydrogen (secondary N) is 2. The number of H-pyrrole nitrogens is 1. The summed E-state index contributed by atoms with van der Waals surface area (Å²) in [4.78, 5) is 14.6. The van der Waals surface area contributed by atoms with Gasteiger partial charge in [0.2, 0.25) is 11.8 Å². The molecule has 1 amide bonds. The lowest BCUT2D eigenvalue weighted by Crippen LogP contribution is -2.12. The van der Waals surface area contributed by atoms with Crippen molar-refractivity contribution < 1.29 is 18.0 Å². The van der Waals surface area contributed by atoms with E-state index in [1.807, 2.05) is 0 Å². The molecule has 2 rings (SSSR count). The molecule has 0 bridgehead atoms. The van der Waals surface area contributed by atoms with Crippen LogP contribution in [0.25, 0.3) is 0 Å². The van der Waals surface area contributed by atoms with Crippen LogP contribution in [0.3, 0.4) is 0 Å². The Kier molecular flexibility index (Phi) is 2.84. The number of aromatic nitrogens is 3. The van der Waals surface area contributed by atoms with Crippen molar-refractivity contribution in [2.75, 3.05) is 5.32 Å². The summed E-state index contributed by atoms with van der Waals surface area (Å²) < 4.78 is 36.5. The maximum atomic E-state index is 12.2. The van der Waals surface area contributed by atoms with Crippen molar-refractivity contribution in [3.63, 3.8) is 0 Å². The molecule has 0 radical (unpaired) electrons. The second-order valence-corrected chi connectivity index (χ2v) is 3.75. The number of rotatable bonds is 2. The van der Waals surface area contributed by atoms with Crippen molar-refractivity contribution in [2.45, 2.75) is 6.18 Å². The average molecular weight is 262 g/mol. The van der Waals surface area contributed by atoms with Crippen molar-refractivity contribution in [1.82, 2.24) is 15.2 Å². The quantitative estimate of drug-likeness (QED) is 0.871. The molecule has 9 heteroatoms. The first-order chi connectivity index (χ1) is 7.97. The van der Waals surface area contributed by atoms with E-state index in [2.05, 4.69) is 15.4 Å². The Bertz CT molecular complexity index is 519. The van der Waals surface area contributed by atoms with E-state index >= 15 is 0 Å². The van der Waals surface area contributed by atoms with Gasteiger partial charge in [0.25, 0.3) is 5.91 Å². The summed E-state index contributed by atoms with van der Waals surface area (Å²) in [7, 11) is 0. The van der Waals surface area contributed by atoms with E-state index in [0.717, 1.165) is 0 Å². The molecule has 5 nitrogen and oxygen atoms in total. The van der Waals surface area contributed by atoms with Gasteiger partial charge < -0.3 is 0 Å². The number of alkyl halides is 3. The van der Waals surface area contributed by atoms with Gasteiger partial charge >= 0.3 is 6.18 Å². The van der Waals surface area contributed by atoms with Crippen LogP contribution in [0.2, 0.25) is 0 Å². The van der Waals surface area contributed by atoms with Gasteiger partial charge in [-0.1, -0.05) is 0 Å². The first-order valence-corrected chi connectivity index (χ1v) is 5.24. The van der Waals surface area contributed by atoms with Crippen LogP contribution in [0.15, 0.2) is 16.8 Å². The zero-order chi connectivity index (χ0) is 12.5. The number of hydrogen-bond donors (Lipinski definition) is 2. The zero-order valence-electron chi connectivity index (χ0n) is 8.08. The third-order valence-corrected chi connectivity index (χ3v) is 2.45. The van der Waals surface area contributed by atoms with E-state index in [-0.39, 0.29) is 0 Å². The Morgan fingerprint density at radius 2 is 2.24 bits per heavy atom. The second kappa shape index (κ2) is 4.17. The fourth-order valence-corrected chi connectivity index (χ4v) is 1.65. The molecular weight excluding hydrogens is 257 g/mol. The summed E-state index contributed by atoms with van der Waals surface area (Å²) >= 11 is 1.30. The van der Waals surface area contributed by atoms with Crippen molar-refractivity contribution in [2.24, 2.45) is 0 Å². The molecule has 2 aromatic rings. The molecule has 0 aliphatic heterocycles. The van der Waals surface area contributed by atoms with Gasteiger partial charge in [-0.15, -0.1) is 5.10 Å². The normalized spacial score (nSPS) is 11.5. The molecule has 0 saturated carbocycles.